The molecule has 1 aliphatic heterocycles. The van der Waals surface area contributed by atoms with Crippen LogP contribution in [0.15, 0.2) is 24.3 Å². The summed E-state index contributed by atoms with van der Waals surface area (Å²) in [4.78, 5) is 33.0. The highest BCUT2D eigenvalue weighted by Gasteiger charge is 2.33. The molecule has 1 unspecified atom stereocenters. The molecule has 156 valence electrons. The molecule has 3 rings (SSSR count). The van der Waals surface area contributed by atoms with Gasteiger partial charge in [0.15, 0.2) is 5.13 Å². The quantitative estimate of drug-likeness (QED) is 0.798. The van der Waals surface area contributed by atoms with E-state index in [1.54, 1.807) is 0 Å². The van der Waals surface area contributed by atoms with Crippen molar-refractivity contribution in [2.24, 2.45) is 11.3 Å². The zero-order valence-electron chi connectivity index (χ0n) is 18.0. The highest BCUT2D eigenvalue weighted by molar-refractivity contribution is 7.15. The summed E-state index contributed by atoms with van der Waals surface area (Å²) in [6.07, 6.45) is 2.48. The van der Waals surface area contributed by atoms with Crippen LogP contribution in [0.3, 0.4) is 0 Å². The topological polar surface area (TPSA) is 62.3 Å². The Balaban J connectivity index is 1.63. The Bertz CT molecular complexity index is 881. The van der Waals surface area contributed by atoms with Crippen LogP contribution in [0, 0.1) is 25.2 Å². The monoisotopic (exact) mass is 413 g/mol. The van der Waals surface area contributed by atoms with E-state index in [1.807, 2.05) is 32.6 Å². The standard InChI is InChI=1S/C23H31N3O2S/c1-15-8-10-17(11-9-15)13-19-16(2)24-22(29-19)25-20(27)18-7-6-12-26(14-18)21(28)23(3,4)5/h8-11,18H,6-7,12-14H2,1-5H3,(H,24,25,27). The molecule has 1 atom stereocenters. The summed E-state index contributed by atoms with van der Waals surface area (Å²) in [5.41, 5.74) is 3.02. The fraction of sp³-hybridized carbons (Fsp3) is 0.522. The number of carbonyl (C=O) groups is 2. The summed E-state index contributed by atoms with van der Waals surface area (Å²) in [6, 6.07) is 8.50. The number of hydrogen-bond acceptors (Lipinski definition) is 4. The van der Waals surface area contributed by atoms with Crippen molar-refractivity contribution in [1.29, 1.82) is 0 Å². The Morgan fingerprint density at radius 1 is 1.21 bits per heavy atom. The van der Waals surface area contributed by atoms with E-state index in [0.29, 0.717) is 11.7 Å². The number of aryl methyl sites for hydroxylation is 2. The van der Waals surface area contributed by atoms with Gasteiger partial charge in [-0.1, -0.05) is 50.6 Å². The first kappa shape index (κ1) is 21.5. The lowest BCUT2D eigenvalue weighted by atomic mass is 9.91. The van der Waals surface area contributed by atoms with Crippen molar-refractivity contribution >= 4 is 28.3 Å². The van der Waals surface area contributed by atoms with Crippen LogP contribution in [0.1, 0.15) is 55.3 Å². The number of piperidine rings is 1. The average Bonchev–Trinajstić information content (AvgIpc) is 3.01. The minimum atomic E-state index is -0.421. The van der Waals surface area contributed by atoms with Crippen molar-refractivity contribution in [2.75, 3.05) is 18.4 Å². The number of benzene rings is 1. The van der Waals surface area contributed by atoms with E-state index >= 15 is 0 Å². The van der Waals surface area contributed by atoms with Crippen LogP contribution in [0.5, 0.6) is 0 Å². The maximum Gasteiger partial charge on any atom is 0.231 e. The Morgan fingerprint density at radius 2 is 1.90 bits per heavy atom. The summed E-state index contributed by atoms with van der Waals surface area (Å²) < 4.78 is 0. The Labute approximate surface area is 177 Å². The van der Waals surface area contributed by atoms with Crippen molar-refractivity contribution < 1.29 is 9.59 Å². The SMILES string of the molecule is Cc1ccc(Cc2sc(NC(=O)C3CCCN(C(=O)C(C)(C)C)C3)nc2C)cc1. The highest BCUT2D eigenvalue weighted by Crippen LogP contribution is 2.28. The summed E-state index contributed by atoms with van der Waals surface area (Å²) in [5, 5.41) is 3.64. The number of nitrogens with zero attached hydrogens (tertiary/aromatic N) is 2. The Morgan fingerprint density at radius 3 is 2.55 bits per heavy atom. The third-order valence-corrected chi connectivity index (χ3v) is 6.40. The van der Waals surface area contributed by atoms with Crippen molar-refractivity contribution in [3.05, 3.63) is 46.0 Å². The van der Waals surface area contributed by atoms with Gasteiger partial charge >= 0.3 is 0 Å². The number of likely N-dealkylation sites (tertiary alicyclic amines) is 1. The number of nitrogens with one attached hydrogen (secondary N) is 1. The highest BCUT2D eigenvalue weighted by atomic mass is 32.1. The molecular formula is C23H31N3O2S. The lowest BCUT2D eigenvalue weighted by molar-refractivity contribution is -0.142. The summed E-state index contributed by atoms with van der Waals surface area (Å²) in [5.74, 6) is -0.104. The van der Waals surface area contributed by atoms with Crippen LogP contribution >= 0.6 is 11.3 Å². The molecule has 1 N–H and O–H groups in total. The van der Waals surface area contributed by atoms with Gasteiger partial charge in [0.2, 0.25) is 11.8 Å². The second kappa shape index (κ2) is 8.66. The first-order valence-corrected chi connectivity index (χ1v) is 11.1. The van der Waals surface area contributed by atoms with Crippen LogP contribution in [0.25, 0.3) is 0 Å². The molecule has 0 spiro atoms. The van der Waals surface area contributed by atoms with Crippen LogP contribution in [-0.4, -0.2) is 34.8 Å². The summed E-state index contributed by atoms with van der Waals surface area (Å²) >= 11 is 1.54. The minimum Gasteiger partial charge on any atom is -0.341 e. The number of rotatable bonds is 4. The molecule has 1 aliphatic rings. The largest absolute Gasteiger partial charge is 0.341 e. The van der Waals surface area contributed by atoms with Gasteiger partial charge in [-0.3, -0.25) is 9.59 Å². The second-order valence-electron chi connectivity index (χ2n) is 9.02. The Hall–Kier alpha value is -2.21. The van der Waals surface area contributed by atoms with Gasteiger partial charge in [-0.25, -0.2) is 4.98 Å². The zero-order valence-corrected chi connectivity index (χ0v) is 18.9. The molecule has 0 bridgehead atoms. The lowest BCUT2D eigenvalue weighted by Crippen LogP contribution is -2.47. The predicted octanol–water partition coefficient (Wildman–Crippen LogP) is 4.57. The molecule has 1 aromatic heterocycles. The van der Waals surface area contributed by atoms with Gasteiger partial charge in [0, 0.05) is 29.8 Å². The maximum atomic E-state index is 12.8. The fourth-order valence-corrected chi connectivity index (χ4v) is 4.59. The lowest BCUT2D eigenvalue weighted by Gasteiger charge is -2.35. The molecule has 0 aliphatic carbocycles. The van der Waals surface area contributed by atoms with Gasteiger partial charge in [-0.2, -0.15) is 0 Å². The molecule has 2 amide bonds. The van der Waals surface area contributed by atoms with E-state index in [4.69, 9.17) is 0 Å². The van der Waals surface area contributed by atoms with Gasteiger partial charge < -0.3 is 10.2 Å². The van der Waals surface area contributed by atoms with E-state index in [-0.39, 0.29) is 17.7 Å². The van der Waals surface area contributed by atoms with Crippen molar-refractivity contribution in [3.63, 3.8) is 0 Å². The molecule has 1 fully saturated rings. The molecule has 1 aromatic carbocycles. The average molecular weight is 414 g/mol. The van der Waals surface area contributed by atoms with Crippen LogP contribution in [0.4, 0.5) is 5.13 Å². The number of carbonyl (C=O) groups excluding carboxylic acids is 2. The number of aromatic nitrogens is 1. The Kier molecular flexibility index (Phi) is 6.42. The molecule has 6 heteroatoms. The van der Waals surface area contributed by atoms with Crippen molar-refractivity contribution in [2.45, 2.75) is 53.9 Å². The first-order valence-electron chi connectivity index (χ1n) is 10.3. The van der Waals surface area contributed by atoms with Crippen molar-refractivity contribution in [3.8, 4) is 0 Å². The first-order chi connectivity index (χ1) is 13.6. The van der Waals surface area contributed by atoms with E-state index in [0.717, 1.165) is 36.4 Å². The van der Waals surface area contributed by atoms with Crippen LogP contribution in [-0.2, 0) is 16.0 Å². The summed E-state index contributed by atoms with van der Waals surface area (Å²) in [6.45, 7) is 11.1. The predicted molar refractivity (Wildman–Crippen MR) is 118 cm³/mol. The zero-order chi connectivity index (χ0) is 21.2. The van der Waals surface area contributed by atoms with Gasteiger partial charge in [-0.15, -0.1) is 11.3 Å². The van der Waals surface area contributed by atoms with Gasteiger partial charge in [0.25, 0.3) is 0 Å². The second-order valence-corrected chi connectivity index (χ2v) is 10.1. The van der Waals surface area contributed by atoms with Gasteiger partial charge in [0.1, 0.15) is 0 Å². The van der Waals surface area contributed by atoms with E-state index < -0.39 is 5.41 Å². The number of thiazole rings is 1. The smallest absolute Gasteiger partial charge is 0.231 e. The van der Waals surface area contributed by atoms with Gasteiger partial charge in [-0.05, 0) is 32.3 Å². The molecular weight excluding hydrogens is 382 g/mol. The normalized spacial score (nSPS) is 17.3. The van der Waals surface area contributed by atoms with Crippen LogP contribution < -0.4 is 5.32 Å². The molecule has 1 saturated heterocycles. The summed E-state index contributed by atoms with van der Waals surface area (Å²) in [7, 11) is 0. The van der Waals surface area contributed by atoms with Crippen LogP contribution in [0.2, 0.25) is 0 Å². The molecule has 0 radical (unpaired) electrons. The fourth-order valence-electron chi connectivity index (χ4n) is 3.59. The number of hydrogen-bond donors (Lipinski definition) is 1. The molecule has 5 nitrogen and oxygen atoms in total. The molecule has 2 heterocycles. The number of anilines is 1. The van der Waals surface area contributed by atoms with E-state index in [1.165, 1.54) is 22.5 Å². The van der Waals surface area contributed by atoms with Crippen molar-refractivity contribution in [1.82, 2.24) is 9.88 Å². The third-order valence-electron chi connectivity index (χ3n) is 5.33. The third kappa shape index (κ3) is 5.44. The van der Waals surface area contributed by atoms with E-state index in [9.17, 15) is 9.59 Å². The molecule has 29 heavy (non-hydrogen) atoms. The molecule has 2 aromatic rings. The minimum absolute atomic E-state index is 0.0351. The maximum absolute atomic E-state index is 12.8. The van der Waals surface area contributed by atoms with E-state index in [2.05, 4.69) is 41.5 Å². The molecule has 0 saturated carbocycles. The van der Waals surface area contributed by atoms with Gasteiger partial charge in [0.05, 0.1) is 11.6 Å². The number of amides is 2.